The molecule has 0 heterocycles. The fraction of sp³-hybridized carbons (Fsp3) is 0.364. The number of carbonyl (C=O) groups excluding carboxylic acids is 1. The van der Waals surface area contributed by atoms with Gasteiger partial charge in [0, 0.05) is 16.9 Å². The molecule has 9 heteroatoms. The van der Waals surface area contributed by atoms with Crippen molar-refractivity contribution >= 4 is 29.1 Å². The van der Waals surface area contributed by atoms with Crippen LogP contribution in [0.15, 0.2) is 23.1 Å². The zero-order chi connectivity index (χ0) is 15.3. The fourth-order valence-electron chi connectivity index (χ4n) is 1.34. The van der Waals surface area contributed by atoms with Crippen LogP contribution in [0.3, 0.4) is 0 Å². The summed E-state index contributed by atoms with van der Waals surface area (Å²) in [4.78, 5) is 10.9. The summed E-state index contributed by atoms with van der Waals surface area (Å²) in [5.41, 5.74) is -4.49. The Hall–Kier alpha value is -1.02. The minimum atomic E-state index is -4.55. The molecule has 2 nitrogen and oxygen atoms in total. The third kappa shape index (κ3) is 5.96. The number of ether oxygens (including phenoxy) is 1. The molecule has 0 amide bonds. The number of rotatable bonds is 6. The van der Waals surface area contributed by atoms with Gasteiger partial charge in [0.05, 0.1) is 5.88 Å². The minimum Gasteiger partial charge on any atom is -0.434 e. The molecule has 0 aliphatic rings. The van der Waals surface area contributed by atoms with E-state index in [1.54, 1.807) is 0 Å². The molecule has 0 radical (unpaired) electrons. The van der Waals surface area contributed by atoms with Gasteiger partial charge in [-0.15, -0.1) is 11.6 Å². The lowest BCUT2D eigenvalue weighted by Crippen LogP contribution is -2.09. The maximum absolute atomic E-state index is 12.2. The number of halogens is 6. The molecule has 0 spiro atoms. The lowest BCUT2D eigenvalue weighted by atomic mass is 10.1. The van der Waals surface area contributed by atoms with Crippen molar-refractivity contribution in [2.45, 2.75) is 23.4 Å². The average Bonchev–Trinajstić information content (AvgIpc) is 2.29. The van der Waals surface area contributed by atoms with Gasteiger partial charge >= 0.3 is 12.1 Å². The van der Waals surface area contributed by atoms with Crippen LogP contribution in [0.4, 0.5) is 22.0 Å². The number of Topliss-reactive ketones (excluding diaryl/α,β-unsaturated/α-hetero) is 1. The number of thioether (sulfide) groups is 1. The van der Waals surface area contributed by atoms with Crippen LogP contribution in [0.2, 0.25) is 0 Å². The summed E-state index contributed by atoms with van der Waals surface area (Å²) in [6.07, 6.45) is -0.289. The molecule has 1 aromatic carbocycles. The van der Waals surface area contributed by atoms with Crippen molar-refractivity contribution in [1.29, 1.82) is 0 Å². The summed E-state index contributed by atoms with van der Waals surface area (Å²) in [6.45, 7) is -3.20. The first-order valence-corrected chi connectivity index (χ1v) is 6.47. The van der Waals surface area contributed by atoms with Crippen LogP contribution >= 0.6 is 23.4 Å². The molecule has 20 heavy (non-hydrogen) atoms. The zero-order valence-electron chi connectivity index (χ0n) is 9.72. The molecule has 0 bridgehead atoms. The van der Waals surface area contributed by atoms with E-state index in [1.807, 2.05) is 0 Å². The molecule has 0 fully saturated rings. The van der Waals surface area contributed by atoms with E-state index in [1.165, 1.54) is 0 Å². The van der Waals surface area contributed by atoms with Gasteiger partial charge in [-0.3, -0.25) is 4.79 Å². The van der Waals surface area contributed by atoms with Gasteiger partial charge in [-0.05, 0) is 23.9 Å². The van der Waals surface area contributed by atoms with Gasteiger partial charge in [0.2, 0.25) is 0 Å². The van der Waals surface area contributed by atoms with E-state index in [2.05, 4.69) is 4.74 Å². The summed E-state index contributed by atoms with van der Waals surface area (Å²) in [5.74, 6) is -1.25. The van der Waals surface area contributed by atoms with Gasteiger partial charge in [-0.1, -0.05) is 6.07 Å². The van der Waals surface area contributed by atoms with E-state index in [4.69, 9.17) is 11.6 Å². The molecular formula is C11H8ClF5O2S. The second-order valence-electron chi connectivity index (χ2n) is 3.54. The zero-order valence-corrected chi connectivity index (χ0v) is 11.3. The van der Waals surface area contributed by atoms with Gasteiger partial charge in [0.25, 0.3) is 0 Å². The van der Waals surface area contributed by atoms with Gasteiger partial charge in [0.1, 0.15) is 5.75 Å². The van der Waals surface area contributed by atoms with Gasteiger partial charge in [0.15, 0.2) is 5.78 Å². The molecule has 112 valence electrons. The SMILES string of the molecule is O=C(CCl)Cc1ccc(SC(F)(F)F)cc1OC(F)F. The first-order chi connectivity index (χ1) is 9.21. The van der Waals surface area contributed by atoms with E-state index in [0.29, 0.717) is 0 Å². The smallest absolute Gasteiger partial charge is 0.434 e. The van der Waals surface area contributed by atoms with Crippen molar-refractivity contribution in [1.82, 2.24) is 0 Å². The highest BCUT2D eigenvalue weighted by Gasteiger charge is 2.29. The topological polar surface area (TPSA) is 26.3 Å². The molecule has 0 N–H and O–H groups in total. The number of alkyl halides is 6. The van der Waals surface area contributed by atoms with E-state index in [9.17, 15) is 26.7 Å². The molecule has 0 unspecified atom stereocenters. The first kappa shape index (κ1) is 17.0. The van der Waals surface area contributed by atoms with Crippen LogP contribution < -0.4 is 4.74 Å². The molecule has 0 saturated heterocycles. The van der Waals surface area contributed by atoms with Crippen LogP contribution in [0, 0.1) is 0 Å². The second kappa shape index (κ2) is 7.12. The van der Waals surface area contributed by atoms with E-state index >= 15 is 0 Å². The molecule has 0 saturated carbocycles. The Labute approximate surface area is 120 Å². The minimum absolute atomic E-state index is 0.0578. The van der Waals surface area contributed by atoms with E-state index < -0.39 is 35.4 Å². The Morgan fingerprint density at radius 2 is 2.00 bits per heavy atom. The quantitative estimate of drug-likeness (QED) is 0.442. The number of ketones is 1. The van der Waals surface area contributed by atoms with Gasteiger partial charge in [-0.2, -0.15) is 22.0 Å². The molecule has 1 aromatic rings. The predicted octanol–water partition coefficient (Wildman–Crippen LogP) is 4.25. The molecule has 0 aliphatic carbocycles. The van der Waals surface area contributed by atoms with Crippen molar-refractivity contribution in [3.8, 4) is 5.75 Å². The maximum Gasteiger partial charge on any atom is 0.446 e. The Balaban J connectivity index is 3.02. The molecule has 0 aromatic heterocycles. The Bertz CT molecular complexity index is 478. The maximum atomic E-state index is 12.2. The highest BCUT2D eigenvalue weighted by Crippen LogP contribution is 2.39. The van der Waals surface area contributed by atoms with Crippen LogP contribution in [0.25, 0.3) is 0 Å². The summed E-state index contributed by atoms with van der Waals surface area (Å²) < 4.78 is 65.2. The van der Waals surface area contributed by atoms with Crippen LogP contribution in [-0.4, -0.2) is 23.8 Å². The largest absolute Gasteiger partial charge is 0.446 e. The highest BCUT2D eigenvalue weighted by atomic mass is 35.5. The number of hydrogen-bond acceptors (Lipinski definition) is 3. The average molecular weight is 335 g/mol. The predicted molar refractivity (Wildman–Crippen MR) is 64.4 cm³/mol. The molecule has 0 atom stereocenters. The van der Waals surface area contributed by atoms with Crippen molar-refractivity contribution in [2.75, 3.05) is 5.88 Å². The molecule has 0 aliphatic heterocycles. The number of benzene rings is 1. The third-order valence-corrected chi connectivity index (χ3v) is 3.04. The van der Waals surface area contributed by atoms with Gasteiger partial charge < -0.3 is 4.74 Å². The monoisotopic (exact) mass is 334 g/mol. The summed E-state index contributed by atoms with van der Waals surface area (Å²) in [5, 5.41) is 0. The normalized spacial score (nSPS) is 11.8. The standard InChI is InChI=1S/C11H8ClF5O2S/c12-5-7(18)3-6-1-2-8(20-11(15,16)17)4-9(6)19-10(13)14/h1-2,4,10H,3,5H2. The highest BCUT2D eigenvalue weighted by molar-refractivity contribution is 8.00. The summed E-state index contributed by atoms with van der Waals surface area (Å²) >= 11 is 4.83. The molecular weight excluding hydrogens is 327 g/mol. The Morgan fingerprint density at radius 1 is 1.35 bits per heavy atom. The van der Waals surface area contributed by atoms with Crippen molar-refractivity contribution in [2.24, 2.45) is 0 Å². The summed E-state index contributed by atoms with van der Waals surface area (Å²) in [6, 6.07) is 3.03. The summed E-state index contributed by atoms with van der Waals surface area (Å²) in [7, 11) is 0. The Kier molecular flexibility index (Phi) is 6.07. The van der Waals surface area contributed by atoms with Crippen molar-refractivity contribution in [3.63, 3.8) is 0 Å². The number of hydrogen-bond donors (Lipinski definition) is 0. The fourth-order valence-corrected chi connectivity index (χ4v) is 2.01. The number of carbonyl (C=O) groups is 1. The van der Waals surface area contributed by atoms with E-state index in [0.717, 1.165) is 18.2 Å². The Morgan fingerprint density at radius 3 is 2.50 bits per heavy atom. The first-order valence-electron chi connectivity index (χ1n) is 5.12. The third-order valence-electron chi connectivity index (χ3n) is 2.02. The van der Waals surface area contributed by atoms with Crippen LogP contribution in [0.5, 0.6) is 5.75 Å². The lowest BCUT2D eigenvalue weighted by molar-refractivity contribution is -0.116. The van der Waals surface area contributed by atoms with Crippen LogP contribution in [0.1, 0.15) is 5.56 Å². The van der Waals surface area contributed by atoms with Crippen molar-refractivity contribution < 1.29 is 31.5 Å². The van der Waals surface area contributed by atoms with Crippen molar-refractivity contribution in [3.05, 3.63) is 23.8 Å². The van der Waals surface area contributed by atoms with E-state index in [-0.39, 0.29) is 22.8 Å². The van der Waals surface area contributed by atoms with Gasteiger partial charge in [-0.25, -0.2) is 0 Å². The molecule has 1 rings (SSSR count). The lowest BCUT2D eigenvalue weighted by Gasteiger charge is -2.12. The van der Waals surface area contributed by atoms with Crippen LogP contribution in [-0.2, 0) is 11.2 Å². The second-order valence-corrected chi connectivity index (χ2v) is 4.95.